The largest absolute Gasteiger partial charge is 0.231 e. The Hall–Kier alpha value is -3.67. The molecule has 2 heteroatoms. The van der Waals surface area contributed by atoms with E-state index in [9.17, 15) is 0 Å². The summed E-state index contributed by atoms with van der Waals surface area (Å²) in [7, 11) is -2.06. The maximum atomic E-state index is 3.31. The molecular formula is C28H20Si2. The summed E-state index contributed by atoms with van der Waals surface area (Å²) < 4.78 is 0. The predicted octanol–water partition coefficient (Wildman–Crippen LogP) is 4.90. The topological polar surface area (TPSA) is 0 Å². The first-order valence-corrected chi connectivity index (χ1v) is 13.6. The van der Waals surface area contributed by atoms with E-state index in [-0.39, 0.29) is 0 Å². The third-order valence-electron chi connectivity index (χ3n) is 3.99. The molecule has 0 spiro atoms. The molecule has 0 unspecified atom stereocenters. The van der Waals surface area contributed by atoms with E-state index in [1.54, 1.807) is 0 Å². The average Bonchev–Trinajstić information content (AvgIpc) is 2.80. The van der Waals surface area contributed by atoms with Crippen LogP contribution in [-0.4, -0.2) is 17.6 Å². The first kappa shape index (κ1) is 21.1. The summed E-state index contributed by atoms with van der Waals surface area (Å²) in [5, 5.41) is 0. The summed E-state index contributed by atoms with van der Waals surface area (Å²) in [5.74, 6) is 12.9. The lowest BCUT2D eigenvalue weighted by atomic mass is 10.1. The molecule has 2 radical (unpaired) electrons. The summed E-state index contributed by atoms with van der Waals surface area (Å²) in [6.07, 6.45) is 0. The number of benzene rings is 3. The summed E-state index contributed by atoms with van der Waals surface area (Å²) in [5.41, 5.74) is 17.2. The highest BCUT2D eigenvalue weighted by Gasteiger charge is 1.97. The van der Waals surface area contributed by atoms with Crippen molar-refractivity contribution in [2.45, 2.75) is 13.1 Å². The minimum atomic E-state index is -1.03. The Morgan fingerprint density at radius 2 is 0.767 bits per heavy atom. The van der Waals surface area contributed by atoms with Gasteiger partial charge in [-0.1, -0.05) is 66.1 Å². The zero-order valence-corrected chi connectivity index (χ0v) is 19.1. The molecule has 0 nitrogen and oxygen atoms in total. The van der Waals surface area contributed by atoms with Gasteiger partial charge in [-0.25, -0.2) is 0 Å². The maximum absolute atomic E-state index is 3.31. The fourth-order valence-corrected chi connectivity index (χ4v) is 3.90. The summed E-state index contributed by atoms with van der Waals surface area (Å²) >= 11 is 0. The average molecular weight is 413 g/mol. The molecule has 3 aromatic rings. The second-order valence-electron chi connectivity index (χ2n) is 6.56. The molecule has 0 saturated carbocycles. The highest BCUT2D eigenvalue weighted by molar-refractivity contribution is 6.74. The van der Waals surface area contributed by atoms with Gasteiger partial charge in [-0.05, 0) is 55.6 Å². The second kappa shape index (κ2) is 11.4. The van der Waals surface area contributed by atoms with Gasteiger partial charge >= 0.3 is 0 Å². The Morgan fingerprint density at radius 1 is 0.433 bits per heavy atom. The lowest BCUT2D eigenvalue weighted by Gasteiger charge is -1.94. The molecule has 30 heavy (non-hydrogen) atoms. The minimum absolute atomic E-state index is 0.980. The first-order chi connectivity index (χ1) is 14.7. The van der Waals surface area contributed by atoms with Crippen molar-refractivity contribution in [2.75, 3.05) is 0 Å². The van der Waals surface area contributed by atoms with Crippen molar-refractivity contribution < 1.29 is 0 Å². The lowest BCUT2D eigenvalue weighted by Crippen LogP contribution is -2.00. The standard InChI is InChI=1S/C28H20Si2/c1-29(20-16-25-10-5-3-6-11-25)22-18-27-14-9-15-28(24-27)19-23-30(2)21-17-26-12-7-4-8-13-26/h3-15,24H,1-2H3. The van der Waals surface area contributed by atoms with Crippen LogP contribution in [0.2, 0.25) is 13.1 Å². The van der Waals surface area contributed by atoms with Crippen LogP contribution in [0.3, 0.4) is 0 Å². The molecule has 0 saturated heterocycles. The van der Waals surface area contributed by atoms with Crippen LogP contribution >= 0.6 is 0 Å². The molecular weight excluding hydrogens is 392 g/mol. The van der Waals surface area contributed by atoms with Gasteiger partial charge in [0.15, 0.2) is 0 Å². The molecule has 0 atom stereocenters. The fourth-order valence-electron chi connectivity index (χ4n) is 2.44. The van der Waals surface area contributed by atoms with E-state index in [2.05, 4.69) is 59.0 Å². The van der Waals surface area contributed by atoms with Gasteiger partial charge in [-0.15, -0.1) is 22.2 Å². The molecule has 0 aliphatic carbocycles. The number of rotatable bonds is 0. The van der Waals surface area contributed by atoms with Gasteiger partial charge in [0.25, 0.3) is 0 Å². The van der Waals surface area contributed by atoms with E-state index in [1.165, 1.54) is 0 Å². The van der Waals surface area contributed by atoms with Gasteiger partial charge < -0.3 is 0 Å². The quantitative estimate of drug-likeness (QED) is 0.364. The van der Waals surface area contributed by atoms with E-state index >= 15 is 0 Å². The van der Waals surface area contributed by atoms with Crippen LogP contribution in [-0.2, 0) is 0 Å². The molecule has 0 aliphatic rings. The van der Waals surface area contributed by atoms with Gasteiger partial charge in [-0.3, -0.25) is 0 Å². The van der Waals surface area contributed by atoms with Gasteiger partial charge in [-0.2, -0.15) is 0 Å². The number of hydrogen-bond acceptors (Lipinski definition) is 0. The summed E-state index contributed by atoms with van der Waals surface area (Å²) in [6, 6.07) is 28.2. The molecule has 0 amide bonds. The van der Waals surface area contributed by atoms with Crippen LogP contribution in [0.15, 0.2) is 84.9 Å². The molecule has 0 heterocycles. The SMILES string of the molecule is C[Si](C#Cc1ccccc1)C#Cc1cccc(C#C[Si](C)C#Cc2ccccc2)c1. The maximum Gasteiger partial charge on any atom is 0.231 e. The van der Waals surface area contributed by atoms with E-state index in [0.29, 0.717) is 0 Å². The van der Waals surface area contributed by atoms with E-state index in [4.69, 9.17) is 0 Å². The highest BCUT2D eigenvalue weighted by Crippen LogP contribution is 2.03. The van der Waals surface area contributed by atoms with Crippen LogP contribution in [0, 0.1) is 45.9 Å². The van der Waals surface area contributed by atoms with E-state index < -0.39 is 17.6 Å². The van der Waals surface area contributed by atoms with Crippen LogP contribution in [0.25, 0.3) is 0 Å². The molecule has 0 aromatic heterocycles. The Morgan fingerprint density at radius 3 is 1.17 bits per heavy atom. The Bertz CT molecular complexity index is 1130. The smallest absolute Gasteiger partial charge is 0.111 e. The van der Waals surface area contributed by atoms with Gasteiger partial charge in [0.1, 0.15) is 0 Å². The van der Waals surface area contributed by atoms with Crippen molar-refractivity contribution in [3.05, 3.63) is 107 Å². The van der Waals surface area contributed by atoms with E-state index in [1.807, 2.05) is 84.9 Å². The summed E-state index contributed by atoms with van der Waals surface area (Å²) in [4.78, 5) is 0. The summed E-state index contributed by atoms with van der Waals surface area (Å²) in [6.45, 7) is 4.24. The predicted molar refractivity (Wildman–Crippen MR) is 130 cm³/mol. The van der Waals surface area contributed by atoms with Gasteiger partial charge in [0, 0.05) is 22.3 Å². The normalized spacial score (nSPS) is 9.20. The monoisotopic (exact) mass is 412 g/mol. The molecule has 140 valence electrons. The lowest BCUT2D eigenvalue weighted by molar-refractivity contribution is 1.60. The first-order valence-electron chi connectivity index (χ1n) is 9.64. The Balaban J connectivity index is 1.65. The van der Waals surface area contributed by atoms with Crippen molar-refractivity contribution >= 4 is 17.6 Å². The zero-order valence-electron chi connectivity index (χ0n) is 17.1. The number of hydrogen-bond donors (Lipinski definition) is 0. The van der Waals surface area contributed by atoms with Gasteiger partial charge in [0.05, 0.1) is 0 Å². The molecule has 0 aliphatic heterocycles. The minimum Gasteiger partial charge on any atom is -0.111 e. The molecule has 0 bridgehead atoms. The molecule has 0 fully saturated rings. The Labute approximate surface area is 183 Å². The third-order valence-corrected chi connectivity index (χ3v) is 5.99. The van der Waals surface area contributed by atoms with Crippen LogP contribution in [0.1, 0.15) is 22.3 Å². The van der Waals surface area contributed by atoms with Crippen molar-refractivity contribution in [3.63, 3.8) is 0 Å². The van der Waals surface area contributed by atoms with Crippen LogP contribution in [0.4, 0.5) is 0 Å². The fraction of sp³-hybridized carbons (Fsp3) is 0.0714. The second-order valence-corrected chi connectivity index (χ2v) is 10.1. The van der Waals surface area contributed by atoms with Crippen LogP contribution < -0.4 is 0 Å². The zero-order chi connectivity index (χ0) is 21.0. The van der Waals surface area contributed by atoms with E-state index in [0.717, 1.165) is 22.3 Å². The van der Waals surface area contributed by atoms with Gasteiger partial charge in [0.2, 0.25) is 17.6 Å². The van der Waals surface area contributed by atoms with Crippen molar-refractivity contribution in [1.29, 1.82) is 0 Å². The third kappa shape index (κ3) is 7.39. The van der Waals surface area contributed by atoms with Crippen molar-refractivity contribution in [2.24, 2.45) is 0 Å². The highest BCUT2D eigenvalue weighted by atomic mass is 28.3. The van der Waals surface area contributed by atoms with Crippen LogP contribution in [0.5, 0.6) is 0 Å². The molecule has 3 aromatic carbocycles. The molecule has 0 N–H and O–H groups in total. The molecule has 3 rings (SSSR count). The van der Waals surface area contributed by atoms with Crippen molar-refractivity contribution in [1.82, 2.24) is 0 Å². The Kier molecular flexibility index (Phi) is 7.97. The van der Waals surface area contributed by atoms with Crippen molar-refractivity contribution in [3.8, 4) is 45.9 Å².